The second kappa shape index (κ2) is 8.81. The van der Waals surface area contributed by atoms with E-state index in [4.69, 9.17) is 4.74 Å². The summed E-state index contributed by atoms with van der Waals surface area (Å²) >= 11 is 0. The molecule has 0 atom stereocenters. The Hall–Kier alpha value is -3.32. The molecule has 0 bridgehead atoms. The standard InChI is InChI=1S/C24H24N2O4S/c1-30-22-13-7-18(8-14-22)17-26(21-11-12-21)24(27)19-9-15-23(16-10-19)31(28,29)25-20-5-3-2-4-6-20/h2-10,13-16,21,25H,11-12,17H2,1H3. The van der Waals surface area contributed by atoms with Crippen LogP contribution in [-0.4, -0.2) is 32.4 Å². The molecule has 1 amide bonds. The predicted octanol–water partition coefficient (Wildman–Crippen LogP) is 4.30. The number of para-hydroxylation sites is 1. The van der Waals surface area contributed by atoms with Crippen molar-refractivity contribution in [3.63, 3.8) is 0 Å². The number of carbonyl (C=O) groups is 1. The molecule has 0 radical (unpaired) electrons. The highest BCUT2D eigenvalue weighted by Crippen LogP contribution is 2.30. The molecule has 1 aliphatic rings. The van der Waals surface area contributed by atoms with Crippen molar-refractivity contribution < 1.29 is 17.9 Å². The Bertz CT molecular complexity index is 1140. The summed E-state index contributed by atoms with van der Waals surface area (Å²) in [7, 11) is -2.10. The highest BCUT2D eigenvalue weighted by atomic mass is 32.2. The Morgan fingerprint density at radius 2 is 1.61 bits per heavy atom. The normalized spacial score (nSPS) is 13.5. The molecule has 0 saturated heterocycles. The maximum absolute atomic E-state index is 13.1. The quantitative estimate of drug-likeness (QED) is 0.571. The highest BCUT2D eigenvalue weighted by molar-refractivity contribution is 7.92. The van der Waals surface area contributed by atoms with Gasteiger partial charge < -0.3 is 9.64 Å². The van der Waals surface area contributed by atoms with E-state index in [1.165, 1.54) is 12.1 Å². The van der Waals surface area contributed by atoms with Gasteiger partial charge in [-0.05, 0) is 66.9 Å². The Balaban J connectivity index is 1.49. The van der Waals surface area contributed by atoms with Crippen molar-refractivity contribution in [2.24, 2.45) is 0 Å². The van der Waals surface area contributed by atoms with E-state index in [0.717, 1.165) is 24.2 Å². The molecule has 0 aromatic heterocycles. The summed E-state index contributed by atoms with van der Waals surface area (Å²) < 4.78 is 33.0. The van der Waals surface area contributed by atoms with Crippen LogP contribution in [0.15, 0.2) is 83.8 Å². The average molecular weight is 437 g/mol. The largest absolute Gasteiger partial charge is 0.497 e. The SMILES string of the molecule is COc1ccc(CN(C(=O)c2ccc(S(=O)(=O)Nc3ccccc3)cc2)C2CC2)cc1. The van der Waals surface area contributed by atoms with Gasteiger partial charge in [-0.3, -0.25) is 9.52 Å². The molecule has 7 heteroatoms. The summed E-state index contributed by atoms with van der Waals surface area (Å²) in [5.74, 6) is 0.673. The van der Waals surface area contributed by atoms with Crippen LogP contribution in [0.3, 0.4) is 0 Å². The van der Waals surface area contributed by atoms with Gasteiger partial charge in [0.25, 0.3) is 15.9 Å². The molecule has 1 N–H and O–H groups in total. The third kappa shape index (κ3) is 5.06. The van der Waals surface area contributed by atoms with E-state index in [0.29, 0.717) is 17.8 Å². The number of hydrogen-bond acceptors (Lipinski definition) is 4. The molecule has 1 saturated carbocycles. The second-order valence-corrected chi connectivity index (χ2v) is 9.19. The Morgan fingerprint density at radius 1 is 0.968 bits per heavy atom. The molecular formula is C24H24N2O4S. The van der Waals surface area contributed by atoms with Crippen LogP contribution in [0.2, 0.25) is 0 Å². The number of benzene rings is 3. The van der Waals surface area contributed by atoms with Crippen LogP contribution in [0.25, 0.3) is 0 Å². The number of carbonyl (C=O) groups excluding carboxylic acids is 1. The zero-order chi connectivity index (χ0) is 21.8. The first-order chi connectivity index (χ1) is 15.0. The molecule has 160 valence electrons. The minimum Gasteiger partial charge on any atom is -0.497 e. The molecule has 3 aromatic rings. The first kappa shape index (κ1) is 20.9. The van der Waals surface area contributed by atoms with Gasteiger partial charge in [0.1, 0.15) is 5.75 Å². The van der Waals surface area contributed by atoms with Crippen molar-refractivity contribution in [2.75, 3.05) is 11.8 Å². The molecular weight excluding hydrogens is 412 g/mol. The van der Waals surface area contributed by atoms with Gasteiger partial charge in [0.05, 0.1) is 12.0 Å². The van der Waals surface area contributed by atoms with E-state index in [9.17, 15) is 13.2 Å². The van der Waals surface area contributed by atoms with Crippen molar-refractivity contribution >= 4 is 21.6 Å². The molecule has 0 heterocycles. The zero-order valence-electron chi connectivity index (χ0n) is 17.2. The molecule has 0 spiro atoms. The van der Waals surface area contributed by atoms with Gasteiger partial charge in [0.2, 0.25) is 0 Å². The summed E-state index contributed by atoms with van der Waals surface area (Å²) in [6.45, 7) is 0.503. The van der Waals surface area contributed by atoms with Crippen LogP contribution in [0, 0.1) is 0 Å². The second-order valence-electron chi connectivity index (χ2n) is 7.51. The number of ether oxygens (including phenoxy) is 1. The van der Waals surface area contributed by atoms with Gasteiger partial charge in [-0.25, -0.2) is 8.42 Å². The number of amides is 1. The summed E-state index contributed by atoms with van der Waals surface area (Å²) in [6, 6.07) is 22.7. The first-order valence-electron chi connectivity index (χ1n) is 10.1. The van der Waals surface area contributed by atoms with Gasteiger partial charge in [-0.1, -0.05) is 30.3 Å². The van der Waals surface area contributed by atoms with Gasteiger partial charge in [0, 0.05) is 23.8 Å². The van der Waals surface area contributed by atoms with Crippen molar-refractivity contribution in [1.29, 1.82) is 0 Å². The third-order valence-electron chi connectivity index (χ3n) is 5.20. The Labute approximate surface area is 182 Å². The molecule has 1 aliphatic carbocycles. The fourth-order valence-electron chi connectivity index (χ4n) is 3.34. The van der Waals surface area contributed by atoms with Crippen LogP contribution in [0.1, 0.15) is 28.8 Å². The number of nitrogens with one attached hydrogen (secondary N) is 1. The predicted molar refractivity (Wildman–Crippen MR) is 120 cm³/mol. The highest BCUT2D eigenvalue weighted by Gasteiger charge is 2.33. The lowest BCUT2D eigenvalue weighted by molar-refractivity contribution is 0.0730. The summed E-state index contributed by atoms with van der Waals surface area (Å²) in [4.78, 5) is 15.1. The molecule has 31 heavy (non-hydrogen) atoms. The maximum atomic E-state index is 13.1. The number of hydrogen-bond donors (Lipinski definition) is 1. The van der Waals surface area contributed by atoms with Gasteiger partial charge >= 0.3 is 0 Å². The third-order valence-corrected chi connectivity index (χ3v) is 6.60. The van der Waals surface area contributed by atoms with Crippen molar-refractivity contribution in [2.45, 2.75) is 30.3 Å². The number of anilines is 1. The first-order valence-corrected chi connectivity index (χ1v) is 11.6. The van der Waals surface area contributed by atoms with Crippen LogP contribution in [0.5, 0.6) is 5.75 Å². The molecule has 4 rings (SSSR count). The minimum absolute atomic E-state index is 0.0988. The van der Waals surface area contributed by atoms with Crippen LogP contribution in [0.4, 0.5) is 5.69 Å². The summed E-state index contributed by atoms with van der Waals surface area (Å²) in [5, 5.41) is 0. The van der Waals surface area contributed by atoms with Crippen LogP contribution in [-0.2, 0) is 16.6 Å². The fraction of sp³-hybridized carbons (Fsp3) is 0.208. The van der Waals surface area contributed by atoms with Crippen molar-refractivity contribution in [3.8, 4) is 5.75 Å². The number of rotatable bonds is 8. The zero-order valence-corrected chi connectivity index (χ0v) is 18.0. The monoisotopic (exact) mass is 436 g/mol. The molecule has 0 unspecified atom stereocenters. The van der Waals surface area contributed by atoms with Crippen LogP contribution < -0.4 is 9.46 Å². The van der Waals surface area contributed by atoms with Gasteiger partial charge in [-0.15, -0.1) is 0 Å². The maximum Gasteiger partial charge on any atom is 0.261 e. The van der Waals surface area contributed by atoms with E-state index >= 15 is 0 Å². The Kier molecular flexibility index (Phi) is 5.95. The van der Waals surface area contributed by atoms with E-state index < -0.39 is 10.0 Å². The minimum atomic E-state index is -3.72. The van der Waals surface area contributed by atoms with E-state index in [-0.39, 0.29) is 16.8 Å². The fourth-order valence-corrected chi connectivity index (χ4v) is 4.40. The molecule has 3 aromatic carbocycles. The van der Waals surface area contributed by atoms with E-state index in [2.05, 4.69) is 4.72 Å². The van der Waals surface area contributed by atoms with Gasteiger partial charge in [-0.2, -0.15) is 0 Å². The van der Waals surface area contributed by atoms with Crippen molar-refractivity contribution in [3.05, 3.63) is 90.0 Å². The average Bonchev–Trinajstić information content (AvgIpc) is 3.63. The topological polar surface area (TPSA) is 75.7 Å². The lowest BCUT2D eigenvalue weighted by atomic mass is 10.1. The van der Waals surface area contributed by atoms with Crippen molar-refractivity contribution in [1.82, 2.24) is 4.90 Å². The summed E-state index contributed by atoms with van der Waals surface area (Å²) in [6.07, 6.45) is 1.96. The van der Waals surface area contributed by atoms with Crippen LogP contribution >= 0.6 is 0 Å². The van der Waals surface area contributed by atoms with Gasteiger partial charge in [0.15, 0.2) is 0 Å². The lowest BCUT2D eigenvalue weighted by Gasteiger charge is -2.23. The summed E-state index contributed by atoms with van der Waals surface area (Å²) in [5.41, 5.74) is 1.98. The Morgan fingerprint density at radius 3 is 2.19 bits per heavy atom. The molecule has 0 aliphatic heterocycles. The number of sulfonamides is 1. The molecule has 1 fully saturated rings. The van der Waals surface area contributed by atoms with E-state index in [1.807, 2.05) is 35.2 Å². The number of methoxy groups -OCH3 is 1. The number of nitrogens with zero attached hydrogens (tertiary/aromatic N) is 1. The molecule has 6 nitrogen and oxygen atoms in total. The van der Waals surface area contributed by atoms with E-state index in [1.54, 1.807) is 43.5 Å². The smallest absolute Gasteiger partial charge is 0.261 e. The lowest BCUT2D eigenvalue weighted by Crippen LogP contribution is -2.32.